The first-order valence-electron chi connectivity index (χ1n) is 16.8. The van der Waals surface area contributed by atoms with Crippen LogP contribution in [0.5, 0.6) is 0 Å². The molecule has 2 aromatic carbocycles. The number of anilines is 2. The first-order valence-corrected chi connectivity index (χ1v) is 16.8. The van der Waals surface area contributed by atoms with Gasteiger partial charge in [-0.05, 0) is 104 Å². The Bertz CT molecular complexity index is 950. The minimum atomic E-state index is 0.648. The van der Waals surface area contributed by atoms with Crippen LogP contribution in [0.3, 0.4) is 0 Å². The van der Waals surface area contributed by atoms with Crippen LogP contribution in [0.2, 0.25) is 0 Å². The van der Waals surface area contributed by atoms with Gasteiger partial charge in [0.1, 0.15) is 0 Å². The normalized spacial score (nSPS) is 23.6. The van der Waals surface area contributed by atoms with Gasteiger partial charge < -0.3 is 11.5 Å². The molecule has 0 spiro atoms. The van der Waals surface area contributed by atoms with Gasteiger partial charge in [0.2, 0.25) is 0 Å². The van der Waals surface area contributed by atoms with Crippen LogP contribution in [-0.2, 0) is 6.42 Å². The zero-order chi connectivity index (χ0) is 27.3. The van der Waals surface area contributed by atoms with Crippen LogP contribution in [0.15, 0.2) is 42.5 Å². The van der Waals surface area contributed by atoms with Crippen molar-refractivity contribution in [2.75, 3.05) is 11.5 Å². The molecule has 2 nitrogen and oxygen atoms in total. The van der Waals surface area contributed by atoms with E-state index in [4.69, 9.17) is 11.5 Å². The molecule has 2 aliphatic carbocycles. The lowest BCUT2D eigenvalue weighted by Crippen LogP contribution is -2.25. The van der Waals surface area contributed by atoms with Crippen LogP contribution in [-0.4, -0.2) is 0 Å². The molecule has 2 fully saturated rings. The van der Waals surface area contributed by atoms with Gasteiger partial charge in [0.25, 0.3) is 0 Å². The summed E-state index contributed by atoms with van der Waals surface area (Å²) in [5.74, 6) is 3.63. The van der Waals surface area contributed by atoms with Gasteiger partial charge in [0.15, 0.2) is 0 Å². The Kier molecular flexibility index (Phi) is 12.6. The third-order valence-electron chi connectivity index (χ3n) is 10.2. The summed E-state index contributed by atoms with van der Waals surface area (Å²) in [6.45, 7) is 2.31. The highest BCUT2D eigenvalue weighted by Crippen LogP contribution is 2.45. The summed E-state index contributed by atoms with van der Waals surface area (Å²) < 4.78 is 0. The molecule has 0 aliphatic heterocycles. The predicted octanol–water partition coefficient (Wildman–Crippen LogP) is 10.8. The largest absolute Gasteiger partial charge is 0.399 e. The van der Waals surface area contributed by atoms with Crippen molar-refractivity contribution in [3.8, 4) is 0 Å². The maximum atomic E-state index is 6.60. The Hall–Kier alpha value is -1.96. The summed E-state index contributed by atoms with van der Waals surface area (Å²) in [5, 5.41) is 0. The van der Waals surface area contributed by atoms with Crippen LogP contribution in [0.1, 0.15) is 152 Å². The molecule has 216 valence electrons. The molecule has 2 aliphatic rings. The average Bonchev–Trinajstić information content (AvgIpc) is 2.95. The number of nitrogens with two attached hydrogens (primary N) is 2. The minimum absolute atomic E-state index is 0.648. The Balaban J connectivity index is 1.10. The molecule has 4 rings (SSSR count). The van der Waals surface area contributed by atoms with Gasteiger partial charge in [-0.1, -0.05) is 115 Å². The van der Waals surface area contributed by atoms with E-state index in [1.807, 2.05) is 12.1 Å². The molecule has 0 unspecified atom stereocenters. The quantitative estimate of drug-likeness (QED) is 0.178. The third kappa shape index (κ3) is 9.87. The van der Waals surface area contributed by atoms with Gasteiger partial charge in [-0.3, -0.25) is 0 Å². The highest BCUT2D eigenvalue weighted by Gasteiger charge is 2.31. The third-order valence-corrected chi connectivity index (χ3v) is 10.2. The van der Waals surface area contributed by atoms with Crippen molar-refractivity contribution in [3.05, 3.63) is 59.2 Å². The molecule has 2 saturated carbocycles. The Morgan fingerprint density at radius 3 is 1.82 bits per heavy atom. The number of hydrogen-bond donors (Lipinski definition) is 2. The van der Waals surface area contributed by atoms with E-state index in [9.17, 15) is 0 Å². The summed E-state index contributed by atoms with van der Waals surface area (Å²) in [6.07, 6.45) is 28.4. The number of nitrogen functional groups attached to an aromatic ring is 2. The highest BCUT2D eigenvalue weighted by atomic mass is 14.6. The van der Waals surface area contributed by atoms with E-state index in [1.54, 1.807) is 0 Å². The van der Waals surface area contributed by atoms with E-state index in [2.05, 4.69) is 37.3 Å². The second-order valence-corrected chi connectivity index (χ2v) is 13.2. The van der Waals surface area contributed by atoms with Crippen molar-refractivity contribution in [3.63, 3.8) is 0 Å². The van der Waals surface area contributed by atoms with Gasteiger partial charge in [-0.2, -0.15) is 0 Å². The van der Waals surface area contributed by atoms with E-state index < -0.39 is 0 Å². The number of benzene rings is 2. The lowest BCUT2D eigenvalue weighted by atomic mass is 9.68. The summed E-state index contributed by atoms with van der Waals surface area (Å²) in [5.41, 5.74) is 18.3. The molecule has 0 amide bonds. The summed E-state index contributed by atoms with van der Waals surface area (Å²) in [7, 11) is 0. The molecular weight excluding hydrogens is 472 g/mol. The maximum absolute atomic E-state index is 6.60. The number of rotatable bonds is 15. The van der Waals surface area contributed by atoms with Crippen LogP contribution in [0, 0.1) is 17.8 Å². The Labute approximate surface area is 240 Å². The average molecular weight is 531 g/mol. The van der Waals surface area contributed by atoms with Gasteiger partial charge in [-0.15, -0.1) is 0 Å². The fourth-order valence-electron chi connectivity index (χ4n) is 7.82. The molecule has 0 radical (unpaired) electrons. The molecule has 0 aromatic heterocycles. The maximum Gasteiger partial charge on any atom is 0.0352 e. The first kappa shape index (κ1) is 30.0. The van der Waals surface area contributed by atoms with Crippen LogP contribution >= 0.6 is 0 Å². The van der Waals surface area contributed by atoms with Gasteiger partial charge in [0, 0.05) is 11.4 Å². The Morgan fingerprint density at radius 2 is 1.21 bits per heavy atom. The fraction of sp³-hybridized carbons (Fsp3) is 0.676. The van der Waals surface area contributed by atoms with E-state index in [1.165, 1.54) is 139 Å². The molecule has 0 heterocycles. The second-order valence-electron chi connectivity index (χ2n) is 13.2. The van der Waals surface area contributed by atoms with Crippen LogP contribution in [0.25, 0.3) is 0 Å². The lowest BCUT2D eigenvalue weighted by molar-refractivity contribution is 0.155. The van der Waals surface area contributed by atoms with E-state index >= 15 is 0 Å². The van der Waals surface area contributed by atoms with Crippen LogP contribution in [0.4, 0.5) is 11.4 Å². The molecule has 0 atom stereocenters. The second kappa shape index (κ2) is 16.3. The number of unbranched alkanes of at least 4 members (excludes halogenated alkanes) is 9. The monoisotopic (exact) mass is 530 g/mol. The molecule has 0 bridgehead atoms. The lowest BCUT2D eigenvalue weighted by Gasteiger charge is -2.38. The van der Waals surface area contributed by atoms with Crippen molar-refractivity contribution < 1.29 is 0 Å². The highest BCUT2D eigenvalue weighted by molar-refractivity contribution is 5.52. The van der Waals surface area contributed by atoms with Gasteiger partial charge in [-0.25, -0.2) is 0 Å². The summed E-state index contributed by atoms with van der Waals surface area (Å²) in [6, 6.07) is 15.0. The molecule has 4 N–H and O–H groups in total. The van der Waals surface area contributed by atoms with E-state index in [0.29, 0.717) is 5.92 Å². The summed E-state index contributed by atoms with van der Waals surface area (Å²) >= 11 is 0. The van der Waals surface area contributed by atoms with Crippen LogP contribution < -0.4 is 11.5 Å². The molecule has 2 aromatic rings. The predicted molar refractivity (Wildman–Crippen MR) is 171 cm³/mol. The molecule has 0 saturated heterocycles. The van der Waals surface area contributed by atoms with Crippen molar-refractivity contribution in [2.45, 2.75) is 141 Å². The number of hydrogen-bond acceptors (Lipinski definition) is 2. The van der Waals surface area contributed by atoms with E-state index in [0.717, 1.165) is 35.5 Å². The fourth-order valence-corrected chi connectivity index (χ4v) is 7.82. The smallest absolute Gasteiger partial charge is 0.0352 e. The van der Waals surface area contributed by atoms with Crippen molar-refractivity contribution in [1.82, 2.24) is 0 Å². The zero-order valence-corrected chi connectivity index (χ0v) is 25.1. The molecule has 2 heteroatoms. The van der Waals surface area contributed by atoms with Gasteiger partial charge in [0.05, 0.1) is 0 Å². The first-order chi connectivity index (χ1) is 19.1. The molecular formula is C37H58N2. The van der Waals surface area contributed by atoms with Crippen molar-refractivity contribution >= 4 is 11.4 Å². The minimum Gasteiger partial charge on any atom is -0.399 e. The molecule has 39 heavy (non-hydrogen) atoms. The van der Waals surface area contributed by atoms with Crippen molar-refractivity contribution in [2.24, 2.45) is 17.8 Å². The topological polar surface area (TPSA) is 52.0 Å². The van der Waals surface area contributed by atoms with Gasteiger partial charge >= 0.3 is 0 Å². The standard InChI is InChI=1S/C37H58N2/c1-2-3-4-5-6-7-8-9-10-11-13-29-16-19-32(20-17-29)33-21-23-34(24-22-33)36-25-18-31(28-37(36)39)26-30-14-12-15-35(38)27-30/h12,14-15,18,25,27-29,32-34H,2-11,13,16-17,19-24,26,38-39H2,1H3. The van der Waals surface area contributed by atoms with E-state index in [-0.39, 0.29) is 0 Å². The Morgan fingerprint density at radius 1 is 0.615 bits per heavy atom. The SMILES string of the molecule is CCCCCCCCCCCCC1CCC(C2CCC(c3ccc(Cc4cccc(N)c4)cc3N)CC2)CC1. The summed E-state index contributed by atoms with van der Waals surface area (Å²) in [4.78, 5) is 0. The zero-order valence-electron chi connectivity index (χ0n) is 25.1. The van der Waals surface area contributed by atoms with Crippen molar-refractivity contribution in [1.29, 1.82) is 0 Å².